The van der Waals surface area contributed by atoms with Gasteiger partial charge in [0, 0.05) is 37.3 Å². The average molecular weight is 445 g/mol. The summed E-state index contributed by atoms with van der Waals surface area (Å²) in [6, 6.07) is 16.9. The summed E-state index contributed by atoms with van der Waals surface area (Å²) in [5, 5.41) is 2.92. The zero-order chi connectivity index (χ0) is 23.2. The maximum absolute atomic E-state index is 12.8. The summed E-state index contributed by atoms with van der Waals surface area (Å²) >= 11 is 0. The molecule has 0 spiro atoms. The first-order valence-corrected chi connectivity index (χ1v) is 11.1. The molecule has 1 aliphatic heterocycles. The number of carbonyl (C=O) groups excluding carboxylic acids is 2. The van der Waals surface area contributed by atoms with Crippen molar-refractivity contribution in [1.29, 1.82) is 0 Å². The largest absolute Gasteiger partial charge is 0.497 e. The Hall–Kier alpha value is -3.74. The second kappa shape index (κ2) is 10.3. The molecule has 1 saturated heterocycles. The number of methoxy groups -OCH3 is 1. The summed E-state index contributed by atoms with van der Waals surface area (Å²) in [5.74, 6) is 1.30. The highest BCUT2D eigenvalue weighted by atomic mass is 16.5. The molecule has 2 aromatic carbocycles. The van der Waals surface area contributed by atoms with Gasteiger partial charge in [-0.25, -0.2) is 9.97 Å². The number of aryl methyl sites for hydroxylation is 1. The van der Waals surface area contributed by atoms with Gasteiger partial charge in [-0.05, 0) is 49.6 Å². The summed E-state index contributed by atoms with van der Waals surface area (Å²) in [5.41, 5.74) is 2.73. The van der Waals surface area contributed by atoms with Gasteiger partial charge >= 0.3 is 0 Å². The highest BCUT2D eigenvalue weighted by molar-refractivity contribution is 5.95. The topological polar surface area (TPSA) is 84.4 Å². The van der Waals surface area contributed by atoms with Crippen molar-refractivity contribution in [3.63, 3.8) is 0 Å². The number of carbonyl (C=O) groups is 2. The first-order chi connectivity index (χ1) is 16.0. The Morgan fingerprint density at radius 3 is 2.73 bits per heavy atom. The predicted molar refractivity (Wildman–Crippen MR) is 125 cm³/mol. The van der Waals surface area contributed by atoms with Crippen LogP contribution in [0.3, 0.4) is 0 Å². The van der Waals surface area contributed by atoms with Crippen LogP contribution in [-0.2, 0) is 6.54 Å². The number of ether oxygens (including phenoxy) is 1. The molecule has 3 aromatic rings. The molecule has 0 bridgehead atoms. The lowest BCUT2D eigenvalue weighted by Crippen LogP contribution is -2.39. The molecule has 170 valence electrons. The SMILES string of the molecule is COc1cccc(CNC(=O)c2cnc([C@H]3CCCN(C(=O)c4ccccc4)C3)nc2C)c1. The third kappa shape index (κ3) is 5.37. The summed E-state index contributed by atoms with van der Waals surface area (Å²) in [6.07, 6.45) is 3.41. The molecule has 0 radical (unpaired) electrons. The Balaban J connectivity index is 1.41. The Morgan fingerprint density at radius 2 is 1.97 bits per heavy atom. The van der Waals surface area contributed by atoms with Gasteiger partial charge in [0.2, 0.25) is 0 Å². The lowest BCUT2D eigenvalue weighted by Gasteiger charge is -2.32. The summed E-state index contributed by atoms with van der Waals surface area (Å²) in [4.78, 5) is 36.6. The van der Waals surface area contributed by atoms with Crippen LogP contribution in [-0.4, -0.2) is 46.9 Å². The van der Waals surface area contributed by atoms with Crippen LogP contribution in [0.5, 0.6) is 5.75 Å². The number of rotatable bonds is 6. The average Bonchev–Trinajstić information content (AvgIpc) is 2.87. The van der Waals surface area contributed by atoms with Gasteiger partial charge < -0.3 is 15.0 Å². The molecule has 4 rings (SSSR count). The number of nitrogens with one attached hydrogen (secondary N) is 1. The lowest BCUT2D eigenvalue weighted by atomic mass is 9.96. The molecule has 1 N–H and O–H groups in total. The smallest absolute Gasteiger partial charge is 0.254 e. The number of nitrogens with zero attached hydrogens (tertiary/aromatic N) is 3. The van der Waals surface area contributed by atoms with Crippen molar-refractivity contribution in [2.75, 3.05) is 20.2 Å². The fraction of sp³-hybridized carbons (Fsp3) is 0.308. The van der Waals surface area contributed by atoms with Crippen molar-refractivity contribution in [3.05, 3.63) is 89.0 Å². The lowest BCUT2D eigenvalue weighted by molar-refractivity contribution is 0.0704. The van der Waals surface area contributed by atoms with Crippen molar-refractivity contribution in [2.24, 2.45) is 0 Å². The van der Waals surface area contributed by atoms with Crippen molar-refractivity contribution in [2.45, 2.75) is 32.2 Å². The third-order valence-corrected chi connectivity index (χ3v) is 5.92. The number of likely N-dealkylation sites (tertiary alicyclic amines) is 1. The molecule has 0 aliphatic carbocycles. The zero-order valence-corrected chi connectivity index (χ0v) is 19.0. The molecule has 2 heterocycles. The van der Waals surface area contributed by atoms with E-state index in [0.29, 0.717) is 35.7 Å². The van der Waals surface area contributed by atoms with E-state index in [1.165, 1.54) is 0 Å². The third-order valence-electron chi connectivity index (χ3n) is 5.92. The second-order valence-corrected chi connectivity index (χ2v) is 8.22. The maximum Gasteiger partial charge on any atom is 0.254 e. The van der Waals surface area contributed by atoms with E-state index in [-0.39, 0.29) is 17.7 Å². The number of piperidine rings is 1. The normalized spacial score (nSPS) is 15.7. The molecule has 33 heavy (non-hydrogen) atoms. The van der Waals surface area contributed by atoms with Crippen LogP contribution >= 0.6 is 0 Å². The van der Waals surface area contributed by atoms with Gasteiger partial charge in [-0.2, -0.15) is 0 Å². The van der Waals surface area contributed by atoms with Gasteiger partial charge in [0.05, 0.1) is 18.4 Å². The monoisotopic (exact) mass is 444 g/mol. The molecule has 0 unspecified atom stereocenters. The molecule has 1 fully saturated rings. The van der Waals surface area contributed by atoms with Crippen molar-refractivity contribution in [3.8, 4) is 5.75 Å². The van der Waals surface area contributed by atoms with E-state index in [4.69, 9.17) is 4.74 Å². The molecular formula is C26H28N4O3. The van der Waals surface area contributed by atoms with Crippen LogP contribution in [0.2, 0.25) is 0 Å². The predicted octanol–water partition coefficient (Wildman–Crippen LogP) is 3.74. The molecule has 2 amide bonds. The van der Waals surface area contributed by atoms with Gasteiger partial charge in [-0.1, -0.05) is 30.3 Å². The Morgan fingerprint density at radius 1 is 1.15 bits per heavy atom. The summed E-state index contributed by atoms with van der Waals surface area (Å²) < 4.78 is 5.23. The van der Waals surface area contributed by atoms with Crippen molar-refractivity contribution >= 4 is 11.8 Å². The minimum Gasteiger partial charge on any atom is -0.497 e. The molecule has 1 atom stereocenters. The summed E-state index contributed by atoms with van der Waals surface area (Å²) in [7, 11) is 1.61. The van der Waals surface area contributed by atoms with Gasteiger partial charge in [-0.3, -0.25) is 9.59 Å². The van der Waals surface area contributed by atoms with Crippen LogP contribution in [0.25, 0.3) is 0 Å². The number of hydrogen-bond acceptors (Lipinski definition) is 5. The molecule has 0 saturated carbocycles. The van der Waals surface area contributed by atoms with Gasteiger partial charge in [-0.15, -0.1) is 0 Å². The highest BCUT2D eigenvalue weighted by Crippen LogP contribution is 2.26. The minimum absolute atomic E-state index is 0.0329. The zero-order valence-electron chi connectivity index (χ0n) is 19.0. The van der Waals surface area contributed by atoms with E-state index in [1.54, 1.807) is 13.3 Å². The van der Waals surface area contributed by atoms with Crippen LogP contribution < -0.4 is 10.1 Å². The molecular weight excluding hydrogens is 416 g/mol. The van der Waals surface area contributed by atoms with Crippen molar-refractivity contribution in [1.82, 2.24) is 20.2 Å². The van der Waals surface area contributed by atoms with Crippen LogP contribution in [0.4, 0.5) is 0 Å². The summed E-state index contributed by atoms with van der Waals surface area (Å²) in [6.45, 7) is 3.51. The van der Waals surface area contributed by atoms with Crippen LogP contribution in [0.15, 0.2) is 60.8 Å². The Kier molecular flexibility index (Phi) is 6.98. The van der Waals surface area contributed by atoms with E-state index in [0.717, 1.165) is 30.7 Å². The van der Waals surface area contributed by atoms with Gasteiger partial charge in [0.1, 0.15) is 11.6 Å². The molecule has 7 nitrogen and oxygen atoms in total. The number of aromatic nitrogens is 2. The van der Waals surface area contributed by atoms with Crippen LogP contribution in [0, 0.1) is 6.92 Å². The Bertz CT molecular complexity index is 1130. The van der Waals surface area contributed by atoms with E-state index >= 15 is 0 Å². The van der Waals surface area contributed by atoms with Crippen LogP contribution in [0.1, 0.15) is 56.6 Å². The van der Waals surface area contributed by atoms with E-state index in [9.17, 15) is 9.59 Å². The number of amides is 2. The molecule has 1 aromatic heterocycles. The minimum atomic E-state index is -0.216. The highest BCUT2D eigenvalue weighted by Gasteiger charge is 2.27. The van der Waals surface area contributed by atoms with Crippen molar-refractivity contribution < 1.29 is 14.3 Å². The molecule has 1 aliphatic rings. The molecule has 7 heteroatoms. The quantitative estimate of drug-likeness (QED) is 0.626. The first-order valence-electron chi connectivity index (χ1n) is 11.1. The van der Waals surface area contributed by atoms with E-state index in [2.05, 4.69) is 15.3 Å². The fourth-order valence-electron chi connectivity index (χ4n) is 4.10. The fourth-order valence-corrected chi connectivity index (χ4v) is 4.10. The number of hydrogen-bond donors (Lipinski definition) is 1. The van der Waals surface area contributed by atoms with E-state index < -0.39 is 0 Å². The second-order valence-electron chi connectivity index (χ2n) is 8.22. The maximum atomic E-state index is 12.8. The number of benzene rings is 2. The van der Waals surface area contributed by atoms with E-state index in [1.807, 2.05) is 66.4 Å². The first kappa shape index (κ1) is 22.5. The van der Waals surface area contributed by atoms with Gasteiger partial charge in [0.25, 0.3) is 11.8 Å². The standard InChI is InChI=1S/C26H28N4O3/c1-18-23(25(31)28-15-19-8-6-12-22(14-19)33-2)16-27-24(29-18)21-11-7-13-30(17-21)26(32)20-9-4-3-5-10-20/h3-6,8-10,12,14,16,21H,7,11,13,15,17H2,1-2H3,(H,28,31)/t21-/m0/s1. The van der Waals surface area contributed by atoms with Gasteiger partial charge in [0.15, 0.2) is 0 Å². The Labute approximate surface area is 193 Å².